The summed E-state index contributed by atoms with van der Waals surface area (Å²) in [5.74, 6) is -0.846. The number of rotatable bonds is 13. The quantitative estimate of drug-likeness (QED) is 0.0831. The fraction of sp³-hybridized carbons (Fsp3) is 0.319. The Balaban J connectivity index is 1.27. The van der Waals surface area contributed by atoms with E-state index in [9.17, 15) is 13.9 Å². The largest absolute Gasteiger partial charge is 0.390 e. The van der Waals surface area contributed by atoms with Crippen molar-refractivity contribution in [1.29, 1.82) is 0 Å². The van der Waals surface area contributed by atoms with Crippen molar-refractivity contribution in [3.05, 3.63) is 178 Å². The Bertz CT molecular complexity index is 2080. The predicted molar refractivity (Wildman–Crippen MR) is 224 cm³/mol. The zero-order valence-corrected chi connectivity index (χ0v) is 32.9. The minimum Gasteiger partial charge on any atom is -0.390 e. The highest BCUT2D eigenvalue weighted by molar-refractivity contribution is 6.33. The molecule has 0 saturated heterocycles. The molecule has 1 aromatic heterocycles. The highest BCUT2D eigenvalue weighted by Gasteiger charge is 2.41. The van der Waals surface area contributed by atoms with Gasteiger partial charge in [-0.1, -0.05) is 155 Å². The number of nitrogens with zero attached hydrogens (tertiary/aromatic N) is 3. The van der Waals surface area contributed by atoms with Crippen molar-refractivity contribution in [2.45, 2.75) is 87.9 Å². The monoisotopic (exact) mass is 751 g/mol. The normalized spacial score (nSPS) is 15.6. The third-order valence-corrected chi connectivity index (χ3v) is 11.5. The maximum atomic E-state index is 14.6. The number of aromatic nitrogens is 3. The number of hydrogen-bond acceptors (Lipinski definition) is 5. The lowest BCUT2D eigenvalue weighted by Gasteiger charge is -2.41. The molecule has 1 saturated carbocycles. The molecule has 0 bridgehead atoms. The number of nitrogens with one attached hydrogen (secondary N) is 2. The van der Waals surface area contributed by atoms with Gasteiger partial charge in [-0.2, -0.15) is 9.90 Å². The van der Waals surface area contributed by atoms with Gasteiger partial charge in [0.1, 0.15) is 11.6 Å². The van der Waals surface area contributed by atoms with Crippen LogP contribution in [0.1, 0.15) is 86.3 Å². The first kappa shape index (κ1) is 39.1. The summed E-state index contributed by atoms with van der Waals surface area (Å²) in [6.45, 7) is 6.93. The van der Waals surface area contributed by atoms with Crippen LogP contribution in [0.5, 0.6) is 0 Å². The molecule has 9 heteroatoms. The van der Waals surface area contributed by atoms with E-state index in [-0.39, 0.29) is 23.9 Å². The first-order valence-electron chi connectivity index (χ1n) is 19.8. The maximum Gasteiger partial charge on any atom is 0.171 e. The summed E-state index contributed by atoms with van der Waals surface area (Å²) < 4.78 is 29.1. The van der Waals surface area contributed by atoms with Crippen LogP contribution in [0.3, 0.4) is 0 Å². The van der Waals surface area contributed by atoms with Crippen molar-refractivity contribution < 1.29 is 13.9 Å². The molecule has 3 N–H and O–H groups in total. The van der Waals surface area contributed by atoms with E-state index in [1.807, 2.05) is 62.4 Å². The summed E-state index contributed by atoms with van der Waals surface area (Å²) in [6.07, 6.45) is 4.44. The molecule has 5 aromatic carbocycles. The third kappa shape index (κ3) is 8.20. The van der Waals surface area contributed by atoms with E-state index in [4.69, 9.17) is 10.2 Å². The van der Waals surface area contributed by atoms with Crippen LogP contribution < -0.4 is 16.2 Å². The lowest BCUT2D eigenvalue weighted by atomic mass is 9.74. The fourth-order valence-electron chi connectivity index (χ4n) is 8.44. The molecule has 1 heterocycles. The van der Waals surface area contributed by atoms with Gasteiger partial charge in [-0.25, -0.2) is 8.78 Å². The minimum atomic E-state index is -0.961. The van der Waals surface area contributed by atoms with Crippen molar-refractivity contribution in [2.75, 3.05) is 11.9 Å². The second-order valence-electron chi connectivity index (χ2n) is 16.4. The molecule has 288 valence electrons. The molecule has 0 amide bonds. The summed E-state index contributed by atoms with van der Waals surface area (Å²) >= 11 is 0. The predicted octanol–water partition coefficient (Wildman–Crippen LogP) is 7.79. The van der Waals surface area contributed by atoms with Gasteiger partial charge in [-0.15, -0.1) is 5.10 Å². The van der Waals surface area contributed by atoms with Gasteiger partial charge in [-0.05, 0) is 70.2 Å². The Morgan fingerprint density at radius 3 is 1.79 bits per heavy atom. The Hall–Kier alpha value is -5.12. The van der Waals surface area contributed by atoms with Gasteiger partial charge in [0.25, 0.3) is 0 Å². The molecular formula is C47H52BF2N5O. The summed E-state index contributed by atoms with van der Waals surface area (Å²) in [5.41, 5.74) is 5.22. The van der Waals surface area contributed by atoms with Gasteiger partial charge < -0.3 is 15.7 Å². The molecule has 1 fully saturated rings. The van der Waals surface area contributed by atoms with E-state index in [1.165, 1.54) is 29.7 Å². The van der Waals surface area contributed by atoms with Crippen molar-refractivity contribution in [1.82, 2.24) is 20.3 Å². The Kier molecular flexibility index (Phi) is 11.6. The summed E-state index contributed by atoms with van der Waals surface area (Å²) in [7, 11) is 1.89. The van der Waals surface area contributed by atoms with Gasteiger partial charge in [0.15, 0.2) is 19.2 Å². The molecule has 0 aliphatic heterocycles. The topological polar surface area (TPSA) is 75.0 Å². The van der Waals surface area contributed by atoms with Gasteiger partial charge in [0, 0.05) is 18.2 Å². The van der Waals surface area contributed by atoms with Crippen LogP contribution in [-0.4, -0.2) is 46.6 Å². The molecular weight excluding hydrogens is 699 g/mol. The Morgan fingerprint density at radius 2 is 1.25 bits per heavy atom. The van der Waals surface area contributed by atoms with Crippen LogP contribution in [0.25, 0.3) is 0 Å². The zero-order valence-electron chi connectivity index (χ0n) is 32.9. The second kappa shape index (κ2) is 16.5. The molecule has 2 atom stereocenters. The van der Waals surface area contributed by atoms with E-state index in [2.05, 4.69) is 92.1 Å². The van der Waals surface area contributed by atoms with Crippen molar-refractivity contribution in [3.63, 3.8) is 0 Å². The van der Waals surface area contributed by atoms with Crippen LogP contribution in [0.4, 0.5) is 14.6 Å². The fourth-order valence-corrected chi connectivity index (χ4v) is 8.44. The SMILES string of the molecule is Bc1nn(C(c2ccccc2)(c2ccccc2)c2ccccc2)nc1NC(Cc1cc(F)cc(F)c1)C(O)CNC1(c2cccc(C(C)(C)C)c2)CCCCC1. The summed E-state index contributed by atoms with van der Waals surface area (Å²) in [6, 6.07) is 42.3. The van der Waals surface area contributed by atoms with Crippen LogP contribution >= 0.6 is 0 Å². The molecule has 1 aliphatic rings. The number of benzene rings is 5. The molecule has 56 heavy (non-hydrogen) atoms. The number of anilines is 1. The smallest absolute Gasteiger partial charge is 0.171 e. The molecule has 0 spiro atoms. The molecule has 6 aromatic rings. The van der Waals surface area contributed by atoms with E-state index in [1.54, 1.807) is 4.80 Å². The molecule has 6 nitrogen and oxygen atoms in total. The van der Waals surface area contributed by atoms with Crippen LogP contribution in [0.2, 0.25) is 0 Å². The summed E-state index contributed by atoms with van der Waals surface area (Å²) in [4.78, 5) is 1.76. The highest BCUT2D eigenvalue weighted by atomic mass is 19.1. The summed E-state index contributed by atoms with van der Waals surface area (Å²) in [5, 5.41) is 29.8. The lowest BCUT2D eigenvalue weighted by Crippen LogP contribution is -2.51. The maximum absolute atomic E-state index is 14.6. The van der Waals surface area contributed by atoms with Crippen LogP contribution in [0.15, 0.2) is 133 Å². The Labute approximate surface area is 330 Å². The molecule has 0 radical (unpaired) electrons. The van der Waals surface area contributed by atoms with Crippen molar-refractivity contribution >= 4 is 19.3 Å². The van der Waals surface area contributed by atoms with Gasteiger partial charge in [0.2, 0.25) is 0 Å². The minimum absolute atomic E-state index is 0.00491. The van der Waals surface area contributed by atoms with Crippen molar-refractivity contribution in [3.8, 4) is 0 Å². The van der Waals surface area contributed by atoms with E-state index in [0.29, 0.717) is 17.0 Å². The zero-order chi connectivity index (χ0) is 39.3. The van der Waals surface area contributed by atoms with Gasteiger partial charge >= 0.3 is 0 Å². The number of aliphatic hydroxyl groups is 1. The standard InChI is InChI=1S/C47H52BF2N5O/c1-45(2,3)37-23-16-24-38(30-37)46(25-14-7-15-26-46)51-32-42(56)41(29-33-27-39(49)31-40(50)28-33)52-44-43(48)53-55(54-44)47(34-17-8-4-9-18-34,35-19-10-5-11-20-35)36-21-12-6-13-22-36/h4-6,8-13,16-24,27-28,30-31,41-42,51,56H,7,14-15,25-26,29,32,48H2,1-3H3,(H,52,54). The van der Waals surface area contributed by atoms with Gasteiger partial charge in [-0.3, -0.25) is 0 Å². The second-order valence-corrected chi connectivity index (χ2v) is 16.4. The Morgan fingerprint density at radius 1 is 0.714 bits per heavy atom. The highest BCUT2D eigenvalue weighted by Crippen LogP contribution is 2.41. The first-order valence-corrected chi connectivity index (χ1v) is 19.8. The number of hydrogen-bond donors (Lipinski definition) is 3. The first-order chi connectivity index (χ1) is 27.0. The van der Waals surface area contributed by atoms with E-state index >= 15 is 0 Å². The van der Waals surface area contributed by atoms with Crippen LogP contribution in [-0.2, 0) is 22.9 Å². The van der Waals surface area contributed by atoms with Crippen molar-refractivity contribution in [2.24, 2.45) is 0 Å². The van der Waals surface area contributed by atoms with E-state index in [0.717, 1.165) is 48.4 Å². The molecule has 2 unspecified atom stereocenters. The number of aliphatic hydroxyl groups excluding tert-OH is 1. The average Bonchev–Trinajstić information content (AvgIpc) is 3.57. The molecule has 1 aliphatic carbocycles. The van der Waals surface area contributed by atoms with Gasteiger partial charge in [0.05, 0.1) is 17.7 Å². The van der Waals surface area contributed by atoms with Crippen LogP contribution in [0, 0.1) is 11.6 Å². The lowest BCUT2D eigenvalue weighted by molar-refractivity contribution is 0.122. The van der Waals surface area contributed by atoms with E-state index < -0.39 is 29.3 Å². The molecule has 7 rings (SSSR count). The third-order valence-electron chi connectivity index (χ3n) is 11.5. The number of halogens is 2. The average molecular weight is 752 g/mol.